The van der Waals surface area contributed by atoms with Crippen LogP contribution in [-0.4, -0.2) is 46.3 Å². The first-order valence-electron chi connectivity index (χ1n) is 9.55. The number of amides is 2. The van der Waals surface area contributed by atoms with Crippen LogP contribution in [0, 0.1) is 0 Å². The Labute approximate surface area is 164 Å². The fourth-order valence-electron chi connectivity index (χ4n) is 3.57. The molecule has 4 N–H and O–H groups in total. The standard InChI is InChI=1S/C22H26N2O4/c25-19(13-15-7-3-1-4-8-15)23-17-11-12-18(22(28)21(17)27)24-20(26)14-16-9-5-2-6-10-16/h1-10,17-18,21-22,27-28H,11-14H2,(H,23,25)(H,24,26)/t17-,18+,21+,22-. The highest BCUT2D eigenvalue weighted by Crippen LogP contribution is 2.20. The Morgan fingerprint density at radius 1 is 0.714 bits per heavy atom. The number of benzene rings is 2. The summed E-state index contributed by atoms with van der Waals surface area (Å²) in [7, 11) is 0. The average molecular weight is 382 g/mol. The Balaban J connectivity index is 1.49. The van der Waals surface area contributed by atoms with Gasteiger partial charge in [-0.05, 0) is 24.0 Å². The quantitative estimate of drug-likeness (QED) is 0.598. The molecular weight excluding hydrogens is 356 g/mol. The molecule has 0 radical (unpaired) electrons. The fourth-order valence-corrected chi connectivity index (χ4v) is 3.57. The maximum absolute atomic E-state index is 12.2. The van der Waals surface area contributed by atoms with Gasteiger partial charge in [-0.2, -0.15) is 0 Å². The van der Waals surface area contributed by atoms with Gasteiger partial charge >= 0.3 is 0 Å². The molecule has 2 amide bonds. The normalized spacial score (nSPS) is 24.4. The van der Waals surface area contributed by atoms with Crippen LogP contribution in [0.2, 0.25) is 0 Å². The van der Waals surface area contributed by atoms with Gasteiger partial charge in [0.2, 0.25) is 11.8 Å². The van der Waals surface area contributed by atoms with E-state index in [1.165, 1.54) is 0 Å². The minimum absolute atomic E-state index is 0.200. The topological polar surface area (TPSA) is 98.7 Å². The molecule has 0 unspecified atom stereocenters. The third-order valence-electron chi connectivity index (χ3n) is 5.07. The van der Waals surface area contributed by atoms with Gasteiger partial charge in [0.1, 0.15) is 12.2 Å². The molecule has 3 rings (SSSR count). The van der Waals surface area contributed by atoms with Crippen molar-refractivity contribution >= 4 is 11.8 Å². The number of carbonyl (C=O) groups is 2. The molecule has 1 aliphatic carbocycles. The lowest BCUT2D eigenvalue weighted by atomic mass is 9.85. The molecule has 2 aromatic carbocycles. The van der Waals surface area contributed by atoms with Gasteiger partial charge in [-0.25, -0.2) is 0 Å². The summed E-state index contributed by atoms with van der Waals surface area (Å²) in [5, 5.41) is 26.4. The van der Waals surface area contributed by atoms with Crippen LogP contribution in [0.1, 0.15) is 24.0 Å². The highest BCUT2D eigenvalue weighted by molar-refractivity contribution is 5.79. The van der Waals surface area contributed by atoms with Crippen molar-refractivity contribution in [2.45, 2.75) is 50.0 Å². The summed E-state index contributed by atoms with van der Waals surface area (Å²) >= 11 is 0. The van der Waals surface area contributed by atoms with Crippen molar-refractivity contribution in [3.8, 4) is 0 Å². The third-order valence-corrected chi connectivity index (χ3v) is 5.07. The summed E-state index contributed by atoms with van der Waals surface area (Å²) in [6, 6.07) is 17.6. The summed E-state index contributed by atoms with van der Waals surface area (Å²) in [5.74, 6) is -0.400. The maximum atomic E-state index is 12.2. The average Bonchev–Trinajstić information content (AvgIpc) is 2.69. The van der Waals surface area contributed by atoms with Crippen LogP contribution < -0.4 is 10.6 Å². The third kappa shape index (κ3) is 5.41. The molecule has 0 aromatic heterocycles. The van der Waals surface area contributed by atoms with E-state index in [1.807, 2.05) is 60.7 Å². The summed E-state index contributed by atoms with van der Waals surface area (Å²) in [5.41, 5.74) is 1.77. The van der Waals surface area contributed by atoms with E-state index in [2.05, 4.69) is 10.6 Å². The molecule has 4 atom stereocenters. The Morgan fingerprint density at radius 2 is 1.07 bits per heavy atom. The van der Waals surface area contributed by atoms with E-state index in [1.54, 1.807) is 0 Å². The first-order chi connectivity index (χ1) is 13.5. The first-order valence-corrected chi connectivity index (χ1v) is 9.55. The highest BCUT2D eigenvalue weighted by atomic mass is 16.3. The Hall–Kier alpha value is -2.70. The van der Waals surface area contributed by atoms with Crippen molar-refractivity contribution in [2.24, 2.45) is 0 Å². The van der Waals surface area contributed by atoms with Crippen LogP contribution in [0.3, 0.4) is 0 Å². The van der Waals surface area contributed by atoms with Crippen LogP contribution in [0.15, 0.2) is 60.7 Å². The molecule has 148 valence electrons. The molecule has 6 nitrogen and oxygen atoms in total. The number of hydrogen-bond acceptors (Lipinski definition) is 4. The van der Waals surface area contributed by atoms with Crippen LogP contribution in [-0.2, 0) is 22.4 Å². The maximum Gasteiger partial charge on any atom is 0.224 e. The predicted molar refractivity (Wildman–Crippen MR) is 105 cm³/mol. The fraction of sp³-hybridized carbons (Fsp3) is 0.364. The van der Waals surface area contributed by atoms with E-state index < -0.39 is 24.3 Å². The summed E-state index contributed by atoms with van der Waals surface area (Å²) in [6.45, 7) is 0. The SMILES string of the molecule is O=C(Cc1ccccc1)N[C@H]1CC[C@@H](NC(=O)Cc2ccccc2)[C@H](O)[C@@H]1O. The molecule has 0 heterocycles. The van der Waals surface area contributed by atoms with Crippen molar-refractivity contribution in [1.82, 2.24) is 10.6 Å². The van der Waals surface area contributed by atoms with Gasteiger partial charge in [-0.15, -0.1) is 0 Å². The van der Waals surface area contributed by atoms with Gasteiger partial charge in [0, 0.05) is 0 Å². The van der Waals surface area contributed by atoms with Gasteiger partial charge in [0.25, 0.3) is 0 Å². The lowest BCUT2D eigenvalue weighted by Crippen LogP contribution is -2.60. The molecule has 0 spiro atoms. The molecule has 1 fully saturated rings. The van der Waals surface area contributed by atoms with Crippen LogP contribution >= 0.6 is 0 Å². The zero-order chi connectivity index (χ0) is 19.9. The predicted octanol–water partition coefficient (Wildman–Crippen LogP) is 0.957. The highest BCUT2D eigenvalue weighted by Gasteiger charge is 2.38. The number of carbonyl (C=O) groups excluding carboxylic acids is 2. The van der Waals surface area contributed by atoms with E-state index in [-0.39, 0.29) is 24.7 Å². The molecular formula is C22H26N2O4. The molecule has 1 aliphatic rings. The van der Waals surface area contributed by atoms with Crippen LogP contribution in [0.25, 0.3) is 0 Å². The van der Waals surface area contributed by atoms with E-state index >= 15 is 0 Å². The molecule has 0 aliphatic heterocycles. The van der Waals surface area contributed by atoms with Gasteiger partial charge < -0.3 is 20.8 Å². The first kappa shape index (κ1) is 20.0. The smallest absolute Gasteiger partial charge is 0.224 e. The van der Waals surface area contributed by atoms with Gasteiger partial charge in [-0.1, -0.05) is 60.7 Å². The lowest BCUT2D eigenvalue weighted by Gasteiger charge is -2.38. The largest absolute Gasteiger partial charge is 0.388 e. The second-order valence-electron chi connectivity index (χ2n) is 7.23. The van der Waals surface area contributed by atoms with Gasteiger partial charge in [0.15, 0.2) is 0 Å². The van der Waals surface area contributed by atoms with Crippen molar-refractivity contribution in [3.63, 3.8) is 0 Å². The van der Waals surface area contributed by atoms with Crippen LogP contribution in [0.4, 0.5) is 0 Å². The summed E-state index contributed by atoms with van der Waals surface area (Å²) < 4.78 is 0. The van der Waals surface area contributed by atoms with Gasteiger partial charge in [-0.3, -0.25) is 9.59 Å². The number of nitrogens with one attached hydrogen (secondary N) is 2. The lowest BCUT2D eigenvalue weighted by molar-refractivity contribution is -0.128. The van der Waals surface area contributed by atoms with Gasteiger partial charge in [0.05, 0.1) is 24.9 Å². The Kier molecular flexibility index (Phi) is 6.79. The van der Waals surface area contributed by atoms with E-state index in [9.17, 15) is 19.8 Å². The molecule has 1 saturated carbocycles. The second kappa shape index (κ2) is 9.48. The minimum atomic E-state index is -1.13. The van der Waals surface area contributed by atoms with Crippen molar-refractivity contribution in [2.75, 3.05) is 0 Å². The van der Waals surface area contributed by atoms with Crippen molar-refractivity contribution in [3.05, 3.63) is 71.8 Å². The van der Waals surface area contributed by atoms with E-state index in [0.29, 0.717) is 12.8 Å². The molecule has 28 heavy (non-hydrogen) atoms. The van der Waals surface area contributed by atoms with E-state index in [4.69, 9.17) is 0 Å². The van der Waals surface area contributed by atoms with E-state index in [0.717, 1.165) is 11.1 Å². The van der Waals surface area contributed by atoms with Crippen LogP contribution in [0.5, 0.6) is 0 Å². The monoisotopic (exact) mass is 382 g/mol. The molecule has 2 aromatic rings. The zero-order valence-electron chi connectivity index (χ0n) is 15.6. The van der Waals surface area contributed by atoms with Crippen molar-refractivity contribution in [1.29, 1.82) is 0 Å². The minimum Gasteiger partial charge on any atom is -0.388 e. The number of aliphatic hydroxyl groups excluding tert-OH is 2. The second-order valence-corrected chi connectivity index (χ2v) is 7.23. The molecule has 6 heteroatoms. The number of aliphatic hydroxyl groups is 2. The summed E-state index contributed by atoms with van der Waals surface area (Å²) in [4.78, 5) is 24.4. The zero-order valence-corrected chi connectivity index (χ0v) is 15.6. The summed E-state index contributed by atoms with van der Waals surface area (Å²) in [6.07, 6.45) is -0.857. The molecule has 0 bridgehead atoms. The Morgan fingerprint density at radius 3 is 1.43 bits per heavy atom. The van der Waals surface area contributed by atoms with Crippen molar-refractivity contribution < 1.29 is 19.8 Å². The number of hydrogen-bond donors (Lipinski definition) is 4. The Bertz CT molecular complexity index is 714. The molecule has 0 saturated heterocycles. The number of rotatable bonds is 6.